The van der Waals surface area contributed by atoms with Gasteiger partial charge in [-0.2, -0.15) is 0 Å². The number of ketones is 2. The standard InChI is InChI=1S/C23H28O7/c1-8(2)6-11-23-10(22(3,4)27-5)7-9-12(15(25)18-17(29-18)14(9)24)13(23)16(28-11)19-20(30-19)21(23)26/h6-7,10-13,15-20,25H,1-5H3/t10-,11-,12-,13-,15-,16-,17-,18+,19?,20?,23+/m1/s1. The fourth-order valence-corrected chi connectivity index (χ4v) is 6.90. The molecule has 162 valence electrons. The van der Waals surface area contributed by atoms with Gasteiger partial charge in [0, 0.05) is 30.4 Å². The number of allylic oxidation sites excluding steroid dienone is 1. The van der Waals surface area contributed by atoms with E-state index in [-0.39, 0.29) is 29.7 Å². The van der Waals surface area contributed by atoms with Crippen LogP contribution in [0.5, 0.6) is 0 Å². The molecular formula is C23H28O7. The van der Waals surface area contributed by atoms with Gasteiger partial charge in [0.2, 0.25) is 0 Å². The lowest BCUT2D eigenvalue weighted by atomic mass is 9.46. The van der Waals surface area contributed by atoms with Crippen LogP contribution in [0.15, 0.2) is 23.3 Å². The maximum absolute atomic E-state index is 14.0. The second-order valence-electron chi connectivity index (χ2n) is 10.4. The van der Waals surface area contributed by atoms with Crippen LogP contribution in [-0.2, 0) is 28.5 Å². The molecule has 3 heterocycles. The molecule has 0 aromatic rings. The molecule has 0 radical (unpaired) electrons. The average Bonchev–Trinajstić information content (AvgIpc) is 3.59. The van der Waals surface area contributed by atoms with E-state index in [4.69, 9.17) is 18.9 Å². The molecule has 7 heteroatoms. The third-order valence-electron chi connectivity index (χ3n) is 8.35. The Balaban J connectivity index is 1.62. The number of Topliss-reactive ketones (excluding diaryl/α,β-unsaturated/α-hetero) is 2. The topological polar surface area (TPSA) is 97.9 Å². The first-order chi connectivity index (χ1) is 14.1. The highest BCUT2D eigenvalue weighted by atomic mass is 16.6. The minimum absolute atomic E-state index is 0.0117. The maximum atomic E-state index is 14.0. The molecule has 3 aliphatic carbocycles. The van der Waals surface area contributed by atoms with Crippen molar-refractivity contribution in [1.29, 1.82) is 0 Å². The number of aliphatic hydroxyl groups excluding tert-OH is 1. The van der Waals surface area contributed by atoms with Gasteiger partial charge in [0.25, 0.3) is 0 Å². The van der Waals surface area contributed by atoms with E-state index in [2.05, 4.69) is 0 Å². The summed E-state index contributed by atoms with van der Waals surface area (Å²) in [6, 6.07) is 0. The van der Waals surface area contributed by atoms with Crippen molar-refractivity contribution in [1.82, 2.24) is 0 Å². The minimum Gasteiger partial charge on any atom is -0.390 e. The van der Waals surface area contributed by atoms with Crippen LogP contribution >= 0.6 is 0 Å². The number of carbonyl (C=O) groups excluding carboxylic acids is 2. The van der Waals surface area contributed by atoms with Gasteiger partial charge in [-0.1, -0.05) is 17.7 Å². The smallest absolute Gasteiger partial charge is 0.190 e. The Labute approximate surface area is 175 Å². The quantitative estimate of drug-likeness (QED) is 0.541. The lowest BCUT2D eigenvalue weighted by Crippen LogP contribution is -2.65. The molecule has 11 atom stereocenters. The predicted molar refractivity (Wildman–Crippen MR) is 104 cm³/mol. The summed E-state index contributed by atoms with van der Waals surface area (Å²) < 4.78 is 23.7. The average molecular weight is 416 g/mol. The molecule has 3 aliphatic heterocycles. The molecule has 3 saturated heterocycles. The van der Waals surface area contributed by atoms with E-state index < -0.39 is 53.4 Å². The Hall–Kier alpha value is -1.38. The summed E-state index contributed by atoms with van der Waals surface area (Å²) in [6.07, 6.45) is 0.415. The van der Waals surface area contributed by atoms with E-state index in [9.17, 15) is 14.7 Å². The highest BCUT2D eigenvalue weighted by Gasteiger charge is 2.81. The first-order valence-electron chi connectivity index (χ1n) is 10.8. The third kappa shape index (κ3) is 2.08. The van der Waals surface area contributed by atoms with Crippen molar-refractivity contribution in [3.8, 4) is 0 Å². The van der Waals surface area contributed by atoms with Crippen LogP contribution in [0.25, 0.3) is 0 Å². The van der Waals surface area contributed by atoms with Gasteiger partial charge in [0.05, 0.1) is 29.3 Å². The molecule has 2 saturated carbocycles. The summed E-state index contributed by atoms with van der Waals surface area (Å²) in [5.41, 5.74) is -0.0736. The Morgan fingerprint density at radius 3 is 2.50 bits per heavy atom. The predicted octanol–water partition coefficient (Wildman–Crippen LogP) is 0.981. The van der Waals surface area contributed by atoms with Crippen molar-refractivity contribution >= 4 is 11.6 Å². The number of rotatable bonds is 3. The normalized spacial score (nSPS) is 52.5. The number of methoxy groups -OCH3 is 1. The lowest BCUT2D eigenvalue weighted by Gasteiger charge is -2.55. The lowest BCUT2D eigenvalue weighted by molar-refractivity contribution is -0.155. The highest BCUT2D eigenvalue weighted by Crippen LogP contribution is 2.69. The molecule has 2 bridgehead atoms. The molecule has 7 nitrogen and oxygen atoms in total. The molecule has 0 amide bonds. The summed E-state index contributed by atoms with van der Waals surface area (Å²) in [7, 11) is 1.63. The number of fused-ring (bicyclic) bond motifs is 4. The molecule has 0 spiro atoms. The highest BCUT2D eigenvalue weighted by molar-refractivity contribution is 6.04. The molecule has 2 unspecified atom stereocenters. The number of ether oxygens (including phenoxy) is 4. The van der Waals surface area contributed by atoms with Crippen LogP contribution in [0.2, 0.25) is 0 Å². The Bertz CT molecular complexity index is 915. The summed E-state index contributed by atoms with van der Waals surface area (Å²) in [5.74, 6) is -1.33. The number of hydrogen-bond acceptors (Lipinski definition) is 7. The second-order valence-corrected chi connectivity index (χ2v) is 10.4. The number of aliphatic hydroxyl groups is 1. The first-order valence-corrected chi connectivity index (χ1v) is 10.8. The van der Waals surface area contributed by atoms with Gasteiger partial charge in [-0.3, -0.25) is 9.59 Å². The maximum Gasteiger partial charge on any atom is 0.190 e. The monoisotopic (exact) mass is 416 g/mol. The Kier molecular flexibility index (Phi) is 3.67. The van der Waals surface area contributed by atoms with E-state index in [1.807, 2.05) is 39.8 Å². The van der Waals surface area contributed by atoms with Gasteiger partial charge < -0.3 is 24.1 Å². The van der Waals surface area contributed by atoms with Crippen LogP contribution in [-0.4, -0.2) is 72.1 Å². The fourth-order valence-electron chi connectivity index (χ4n) is 6.90. The van der Waals surface area contributed by atoms with Crippen LogP contribution in [0, 0.1) is 23.2 Å². The SMILES string of the molecule is COC(C)(C)[C@H]1C=C2C(=O)[C@H]3O[C@H]3[C@H](O)[C@H]2[C@@H]2[C@H]3O[C@H](C=C(C)C)[C@]21C(=O)C1OC13. The molecule has 1 N–H and O–H groups in total. The molecule has 6 rings (SSSR count). The van der Waals surface area contributed by atoms with Gasteiger partial charge in [0.1, 0.15) is 24.4 Å². The van der Waals surface area contributed by atoms with Crippen molar-refractivity contribution in [2.45, 2.75) is 76.0 Å². The van der Waals surface area contributed by atoms with Gasteiger partial charge in [0.15, 0.2) is 11.6 Å². The number of epoxide rings is 2. The minimum atomic E-state index is -0.962. The third-order valence-corrected chi connectivity index (χ3v) is 8.35. The van der Waals surface area contributed by atoms with Crippen LogP contribution < -0.4 is 0 Å². The van der Waals surface area contributed by atoms with Crippen LogP contribution in [0.3, 0.4) is 0 Å². The molecule has 0 aromatic heterocycles. The summed E-state index contributed by atoms with van der Waals surface area (Å²) >= 11 is 0. The second kappa shape index (κ2) is 5.70. The zero-order chi connectivity index (χ0) is 21.3. The zero-order valence-corrected chi connectivity index (χ0v) is 17.8. The number of hydrogen-bond donors (Lipinski definition) is 1. The van der Waals surface area contributed by atoms with Crippen LogP contribution in [0.4, 0.5) is 0 Å². The molecule has 5 fully saturated rings. The van der Waals surface area contributed by atoms with Crippen molar-refractivity contribution in [2.24, 2.45) is 23.2 Å². The van der Waals surface area contributed by atoms with Gasteiger partial charge in [-0.25, -0.2) is 0 Å². The van der Waals surface area contributed by atoms with Crippen molar-refractivity contribution in [2.75, 3.05) is 7.11 Å². The van der Waals surface area contributed by atoms with E-state index in [0.29, 0.717) is 5.57 Å². The first kappa shape index (κ1) is 19.3. The fraction of sp³-hybridized carbons (Fsp3) is 0.739. The zero-order valence-electron chi connectivity index (χ0n) is 17.8. The van der Waals surface area contributed by atoms with Crippen LogP contribution in [0.1, 0.15) is 27.7 Å². The molecule has 0 aromatic carbocycles. The van der Waals surface area contributed by atoms with Crippen molar-refractivity contribution in [3.05, 3.63) is 23.3 Å². The van der Waals surface area contributed by atoms with Crippen molar-refractivity contribution < 1.29 is 33.6 Å². The Morgan fingerprint density at radius 2 is 1.83 bits per heavy atom. The van der Waals surface area contributed by atoms with Crippen molar-refractivity contribution in [3.63, 3.8) is 0 Å². The van der Waals surface area contributed by atoms with E-state index >= 15 is 0 Å². The number of carbonyl (C=O) groups is 2. The largest absolute Gasteiger partial charge is 0.390 e. The van der Waals surface area contributed by atoms with Gasteiger partial charge in [-0.15, -0.1) is 0 Å². The van der Waals surface area contributed by atoms with E-state index in [1.165, 1.54) is 0 Å². The van der Waals surface area contributed by atoms with Gasteiger partial charge in [-0.05, 0) is 27.7 Å². The van der Waals surface area contributed by atoms with E-state index in [0.717, 1.165) is 5.57 Å². The summed E-state index contributed by atoms with van der Waals surface area (Å²) in [5, 5.41) is 11.2. The molecule has 30 heavy (non-hydrogen) atoms. The summed E-state index contributed by atoms with van der Waals surface area (Å²) in [6.45, 7) is 7.87. The molecular weight excluding hydrogens is 388 g/mol. The van der Waals surface area contributed by atoms with E-state index in [1.54, 1.807) is 7.11 Å². The van der Waals surface area contributed by atoms with Gasteiger partial charge >= 0.3 is 0 Å². The summed E-state index contributed by atoms with van der Waals surface area (Å²) in [4.78, 5) is 27.1. The molecule has 6 aliphatic rings. The Morgan fingerprint density at radius 1 is 1.13 bits per heavy atom.